The standard InChI is InChI=1S/C21H25BrFN3O/c1-14-9-15(2)13-26(12-14)21(25-18-4-6-19(27)7-5-18)24-11-16-10-17(22)3-8-20(16)23/h3-8,10,14-15,27H,9,11-13H2,1-2H3,(H,24,25). The Hall–Kier alpha value is -2.08. The Balaban J connectivity index is 1.86. The highest BCUT2D eigenvalue weighted by Crippen LogP contribution is 2.23. The van der Waals surface area contributed by atoms with Crippen LogP contribution in [-0.2, 0) is 6.54 Å². The largest absolute Gasteiger partial charge is 0.508 e. The number of nitrogens with zero attached hydrogens (tertiary/aromatic N) is 2. The minimum Gasteiger partial charge on any atom is -0.508 e. The molecule has 0 saturated carbocycles. The fourth-order valence-electron chi connectivity index (χ4n) is 3.55. The summed E-state index contributed by atoms with van der Waals surface area (Å²) in [5, 5.41) is 12.9. The van der Waals surface area contributed by atoms with Crippen LogP contribution in [0.1, 0.15) is 25.8 Å². The van der Waals surface area contributed by atoms with Gasteiger partial charge in [-0.25, -0.2) is 9.38 Å². The second kappa shape index (κ2) is 8.74. The van der Waals surface area contributed by atoms with Crippen LogP contribution in [0.5, 0.6) is 5.75 Å². The fourth-order valence-corrected chi connectivity index (χ4v) is 3.96. The molecule has 1 heterocycles. The smallest absolute Gasteiger partial charge is 0.198 e. The van der Waals surface area contributed by atoms with E-state index in [-0.39, 0.29) is 18.1 Å². The molecular weight excluding hydrogens is 409 g/mol. The highest BCUT2D eigenvalue weighted by atomic mass is 79.9. The summed E-state index contributed by atoms with van der Waals surface area (Å²) in [5.74, 6) is 1.84. The maximum atomic E-state index is 14.1. The maximum absolute atomic E-state index is 14.1. The highest BCUT2D eigenvalue weighted by Gasteiger charge is 2.24. The van der Waals surface area contributed by atoms with E-state index in [0.717, 1.165) is 29.2 Å². The van der Waals surface area contributed by atoms with Crippen molar-refractivity contribution >= 4 is 27.6 Å². The lowest BCUT2D eigenvalue weighted by Crippen LogP contribution is -2.45. The number of piperidine rings is 1. The van der Waals surface area contributed by atoms with Crippen molar-refractivity contribution in [2.24, 2.45) is 16.8 Å². The van der Waals surface area contributed by atoms with Crippen molar-refractivity contribution in [3.8, 4) is 5.75 Å². The molecule has 0 bridgehead atoms. The van der Waals surface area contributed by atoms with Gasteiger partial charge in [0.05, 0.1) is 6.54 Å². The number of rotatable bonds is 3. The summed E-state index contributed by atoms with van der Waals surface area (Å²) in [6, 6.07) is 11.8. The van der Waals surface area contributed by atoms with Crippen LogP contribution in [-0.4, -0.2) is 29.1 Å². The molecule has 1 aliphatic heterocycles. The van der Waals surface area contributed by atoms with Crippen LogP contribution in [0.2, 0.25) is 0 Å². The lowest BCUT2D eigenvalue weighted by atomic mass is 9.92. The number of phenols is 1. The van der Waals surface area contributed by atoms with Gasteiger partial charge >= 0.3 is 0 Å². The Morgan fingerprint density at radius 3 is 2.52 bits per heavy atom. The molecule has 3 rings (SSSR count). The van der Waals surface area contributed by atoms with E-state index in [2.05, 4.69) is 40.0 Å². The van der Waals surface area contributed by atoms with E-state index in [4.69, 9.17) is 4.99 Å². The van der Waals surface area contributed by atoms with Crippen LogP contribution in [0.3, 0.4) is 0 Å². The van der Waals surface area contributed by atoms with E-state index in [1.54, 1.807) is 36.4 Å². The number of hydrogen-bond donors (Lipinski definition) is 2. The summed E-state index contributed by atoms with van der Waals surface area (Å²) >= 11 is 3.39. The number of likely N-dealkylation sites (tertiary alicyclic amines) is 1. The summed E-state index contributed by atoms with van der Waals surface area (Å²) in [6.45, 7) is 6.57. The number of benzene rings is 2. The molecule has 6 heteroatoms. The summed E-state index contributed by atoms with van der Waals surface area (Å²) < 4.78 is 14.9. The van der Waals surface area contributed by atoms with Gasteiger partial charge in [0.15, 0.2) is 5.96 Å². The third-order valence-corrected chi connectivity index (χ3v) is 5.19. The Labute approximate surface area is 168 Å². The van der Waals surface area contributed by atoms with E-state index in [1.807, 2.05) is 0 Å². The zero-order valence-corrected chi connectivity index (χ0v) is 17.2. The molecule has 0 amide bonds. The summed E-state index contributed by atoms with van der Waals surface area (Å²) in [6.07, 6.45) is 1.20. The summed E-state index contributed by atoms with van der Waals surface area (Å²) in [4.78, 5) is 6.95. The third kappa shape index (κ3) is 5.45. The monoisotopic (exact) mass is 433 g/mol. The molecule has 1 saturated heterocycles. The Kier molecular flexibility index (Phi) is 6.37. The number of guanidine groups is 1. The van der Waals surface area contributed by atoms with Crippen LogP contribution >= 0.6 is 15.9 Å². The fraction of sp³-hybridized carbons (Fsp3) is 0.381. The van der Waals surface area contributed by atoms with Gasteiger partial charge in [-0.1, -0.05) is 29.8 Å². The topological polar surface area (TPSA) is 47.9 Å². The molecule has 0 spiro atoms. The first-order chi connectivity index (χ1) is 12.9. The van der Waals surface area contributed by atoms with Crippen molar-refractivity contribution in [2.75, 3.05) is 18.4 Å². The van der Waals surface area contributed by atoms with E-state index in [1.165, 1.54) is 12.5 Å². The molecule has 2 N–H and O–H groups in total. The molecular formula is C21H25BrFN3O. The molecule has 4 nitrogen and oxygen atoms in total. The van der Waals surface area contributed by atoms with Crippen molar-refractivity contribution in [3.63, 3.8) is 0 Å². The lowest BCUT2D eigenvalue weighted by molar-refractivity contribution is 0.213. The van der Waals surface area contributed by atoms with Gasteiger partial charge in [-0.3, -0.25) is 0 Å². The van der Waals surface area contributed by atoms with E-state index in [0.29, 0.717) is 17.4 Å². The molecule has 0 aliphatic carbocycles. The first-order valence-electron chi connectivity index (χ1n) is 9.20. The first-order valence-corrected chi connectivity index (χ1v) is 9.99. The first kappa shape index (κ1) is 19.7. The Morgan fingerprint density at radius 2 is 1.85 bits per heavy atom. The van der Waals surface area contributed by atoms with Gasteiger partial charge in [0.2, 0.25) is 0 Å². The van der Waals surface area contributed by atoms with Crippen molar-refractivity contribution in [3.05, 3.63) is 58.3 Å². The number of aliphatic imine (C=N–C) groups is 1. The summed E-state index contributed by atoms with van der Waals surface area (Å²) in [5.41, 5.74) is 1.39. The molecule has 27 heavy (non-hydrogen) atoms. The zero-order chi connectivity index (χ0) is 19.4. The number of phenolic OH excluding ortho intramolecular Hbond substituents is 1. The molecule has 0 aromatic heterocycles. The minimum atomic E-state index is -0.258. The second-order valence-electron chi connectivity index (χ2n) is 7.40. The Bertz CT molecular complexity index is 800. The van der Waals surface area contributed by atoms with Crippen molar-refractivity contribution in [1.82, 2.24) is 4.90 Å². The normalized spacial score (nSPS) is 20.6. The predicted octanol–water partition coefficient (Wildman–Crippen LogP) is 5.24. The molecule has 2 unspecified atom stereocenters. The number of aromatic hydroxyl groups is 1. The number of hydrogen-bond acceptors (Lipinski definition) is 2. The van der Waals surface area contributed by atoms with Gasteiger partial charge in [-0.15, -0.1) is 0 Å². The molecule has 1 aliphatic rings. The number of nitrogens with one attached hydrogen (secondary N) is 1. The van der Waals surface area contributed by atoms with E-state index in [9.17, 15) is 9.50 Å². The van der Waals surface area contributed by atoms with Gasteiger partial charge in [0.1, 0.15) is 11.6 Å². The summed E-state index contributed by atoms with van der Waals surface area (Å²) in [7, 11) is 0. The molecule has 2 aromatic rings. The SMILES string of the molecule is CC1CC(C)CN(C(=NCc2cc(Br)ccc2F)Nc2ccc(O)cc2)C1. The molecule has 1 fully saturated rings. The van der Waals surface area contributed by atoms with E-state index < -0.39 is 0 Å². The van der Waals surface area contributed by atoms with Gasteiger partial charge in [0.25, 0.3) is 0 Å². The second-order valence-corrected chi connectivity index (χ2v) is 8.31. The maximum Gasteiger partial charge on any atom is 0.198 e. The van der Waals surface area contributed by atoms with Crippen LogP contribution in [0.25, 0.3) is 0 Å². The van der Waals surface area contributed by atoms with Gasteiger partial charge in [-0.2, -0.15) is 0 Å². The van der Waals surface area contributed by atoms with Crippen molar-refractivity contribution < 1.29 is 9.50 Å². The van der Waals surface area contributed by atoms with E-state index >= 15 is 0 Å². The molecule has 144 valence electrons. The number of anilines is 1. The average molecular weight is 434 g/mol. The Morgan fingerprint density at radius 1 is 1.19 bits per heavy atom. The van der Waals surface area contributed by atoms with Crippen LogP contribution < -0.4 is 5.32 Å². The zero-order valence-electron chi connectivity index (χ0n) is 15.6. The van der Waals surface area contributed by atoms with Crippen molar-refractivity contribution in [1.29, 1.82) is 0 Å². The molecule has 2 aromatic carbocycles. The highest BCUT2D eigenvalue weighted by molar-refractivity contribution is 9.10. The number of halogens is 2. The quantitative estimate of drug-likeness (QED) is 0.395. The molecule has 2 atom stereocenters. The van der Waals surface area contributed by atoms with Gasteiger partial charge < -0.3 is 15.3 Å². The van der Waals surface area contributed by atoms with Crippen LogP contribution in [0, 0.1) is 17.7 Å². The molecule has 0 radical (unpaired) electrons. The van der Waals surface area contributed by atoms with Crippen LogP contribution in [0.15, 0.2) is 51.9 Å². The van der Waals surface area contributed by atoms with Gasteiger partial charge in [-0.05, 0) is 60.7 Å². The average Bonchev–Trinajstić information content (AvgIpc) is 2.62. The predicted molar refractivity (Wildman–Crippen MR) is 111 cm³/mol. The van der Waals surface area contributed by atoms with Crippen LogP contribution in [0.4, 0.5) is 10.1 Å². The van der Waals surface area contributed by atoms with Crippen molar-refractivity contribution in [2.45, 2.75) is 26.8 Å². The van der Waals surface area contributed by atoms with Gasteiger partial charge in [0, 0.05) is 28.8 Å². The lowest BCUT2D eigenvalue weighted by Gasteiger charge is -2.37. The minimum absolute atomic E-state index is 0.218. The third-order valence-electron chi connectivity index (χ3n) is 4.70.